The zero-order valence-corrected chi connectivity index (χ0v) is 21.4. The largest absolute Gasteiger partial charge is 0.349 e. The van der Waals surface area contributed by atoms with Crippen LogP contribution in [0.25, 0.3) is 0 Å². The quantitative estimate of drug-likeness (QED) is 0.534. The molecule has 0 saturated heterocycles. The number of anilines is 1. The number of nitrogens with one attached hydrogen (secondary N) is 1. The molecular formula is C30H36N4O2. The summed E-state index contributed by atoms with van der Waals surface area (Å²) < 4.78 is 2.04. The van der Waals surface area contributed by atoms with E-state index in [0.29, 0.717) is 36.8 Å². The molecule has 1 N–H and O–H groups in total. The molecule has 1 saturated carbocycles. The fourth-order valence-electron chi connectivity index (χ4n) is 5.51. The Morgan fingerprint density at radius 2 is 1.67 bits per heavy atom. The molecule has 2 aliphatic rings. The average molecular weight is 485 g/mol. The van der Waals surface area contributed by atoms with Crippen molar-refractivity contribution in [1.82, 2.24) is 14.8 Å². The predicted molar refractivity (Wildman–Crippen MR) is 144 cm³/mol. The number of fused-ring (bicyclic) bond motifs is 2. The Labute approximate surface area is 213 Å². The van der Waals surface area contributed by atoms with Gasteiger partial charge in [0.15, 0.2) is 0 Å². The van der Waals surface area contributed by atoms with E-state index >= 15 is 0 Å². The summed E-state index contributed by atoms with van der Waals surface area (Å²) in [5, 5.41) is 3.02. The number of rotatable bonds is 6. The summed E-state index contributed by atoms with van der Waals surface area (Å²) in [6.45, 7) is 2.35. The first kappa shape index (κ1) is 24.3. The third-order valence-corrected chi connectivity index (χ3v) is 7.56. The Kier molecular flexibility index (Phi) is 7.23. The molecule has 5 rings (SSSR count). The number of likely N-dealkylation sites (N-methyl/N-ethyl adjacent to an activating group) is 1. The van der Waals surface area contributed by atoms with Gasteiger partial charge in [-0.05, 0) is 74.3 Å². The molecule has 36 heavy (non-hydrogen) atoms. The van der Waals surface area contributed by atoms with Crippen LogP contribution in [-0.4, -0.2) is 48.5 Å². The van der Waals surface area contributed by atoms with Gasteiger partial charge < -0.3 is 19.7 Å². The molecule has 0 unspecified atom stereocenters. The van der Waals surface area contributed by atoms with Crippen molar-refractivity contribution < 1.29 is 9.59 Å². The number of aromatic nitrogens is 1. The summed E-state index contributed by atoms with van der Waals surface area (Å²) in [5.74, 6) is 0.523. The van der Waals surface area contributed by atoms with E-state index in [-0.39, 0.29) is 11.8 Å². The van der Waals surface area contributed by atoms with Crippen molar-refractivity contribution in [2.75, 3.05) is 32.1 Å². The molecule has 1 aliphatic carbocycles. The summed E-state index contributed by atoms with van der Waals surface area (Å²) in [7, 11) is 3.98. The fraction of sp³-hybridized carbons (Fsp3) is 0.400. The molecule has 0 radical (unpaired) electrons. The lowest BCUT2D eigenvalue weighted by Crippen LogP contribution is -2.33. The molecule has 0 spiro atoms. The molecule has 0 bridgehead atoms. The van der Waals surface area contributed by atoms with Gasteiger partial charge in [-0.1, -0.05) is 49.6 Å². The minimum Gasteiger partial charge on any atom is -0.349 e. The van der Waals surface area contributed by atoms with Gasteiger partial charge in [0.1, 0.15) is 5.69 Å². The van der Waals surface area contributed by atoms with Gasteiger partial charge in [-0.25, -0.2) is 0 Å². The normalized spacial score (nSPS) is 15.8. The Morgan fingerprint density at radius 1 is 0.917 bits per heavy atom. The van der Waals surface area contributed by atoms with Crippen LogP contribution in [0, 0.1) is 0 Å². The first-order chi connectivity index (χ1) is 17.5. The predicted octanol–water partition coefficient (Wildman–Crippen LogP) is 5.04. The van der Waals surface area contributed by atoms with Crippen molar-refractivity contribution in [2.24, 2.45) is 0 Å². The van der Waals surface area contributed by atoms with E-state index in [2.05, 4.69) is 17.4 Å². The van der Waals surface area contributed by atoms with E-state index in [4.69, 9.17) is 0 Å². The average Bonchev–Trinajstić information content (AvgIpc) is 3.22. The highest BCUT2D eigenvalue weighted by atomic mass is 16.2. The maximum Gasteiger partial charge on any atom is 0.267 e. The summed E-state index contributed by atoms with van der Waals surface area (Å²) in [6.07, 6.45) is 6.42. The first-order valence-electron chi connectivity index (χ1n) is 13.1. The lowest BCUT2D eigenvalue weighted by atomic mass is 9.84. The lowest BCUT2D eigenvalue weighted by molar-refractivity contribution is 0.0941. The van der Waals surface area contributed by atoms with E-state index < -0.39 is 0 Å². The van der Waals surface area contributed by atoms with E-state index in [9.17, 15) is 9.59 Å². The second kappa shape index (κ2) is 10.7. The third kappa shape index (κ3) is 5.09. The molecular weight excluding hydrogens is 448 g/mol. The van der Waals surface area contributed by atoms with Crippen LogP contribution in [0.1, 0.15) is 75.7 Å². The minimum absolute atomic E-state index is 0.00993. The number of benzene rings is 2. The molecule has 1 aromatic heterocycles. The minimum atomic E-state index is -0.0846. The number of para-hydroxylation sites is 1. The summed E-state index contributed by atoms with van der Waals surface area (Å²) in [6, 6.07) is 20.1. The topological polar surface area (TPSA) is 57.6 Å². The van der Waals surface area contributed by atoms with Crippen LogP contribution >= 0.6 is 0 Å². The van der Waals surface area contributed by atoms with Crippen molar-refractivity contribution in [3.05, 3.63) is 88.7 Å². The van der Waals surface area contributed by atoms with Crippen LogP contribution in [0.4, 0.5) is 5.69 Å². The molecule has 0 atom stereocenters. The second-order valence-electron chi connectivity index (χ2n) is 10.3. The van der Waals surface area contributed by atoms with Crippen LogP contribution in [0.3, 0.4) is 0 Å². The molecule has 6 heteroatoms. The van der Waals surface area contributed by atoms with Gasteiger partial charge in [-0.3, -0.25) is 9.59 Å². The number of hydrogen-bond donors (Lipinski definition) is 1. The van der Waals surface area contributed by atoms with Crippen molar-refractivity contribution in [2.45, 2.75) is 51.1 Å². The first-order valence-corrected chi connectivity index (χ1v) is 13.1. The molecule has 2 amide bonds. The maximum absolute atomic E-state index is 13.8. The Morgan fingerprint density at radius 3 is 2.42 bits per heavy atom. The number of hydrogen-bond acceptors (Lipinski definition) is 3. The van der Waals surface area contributed by atoms with E-state index in [0.717, 1.165) is 23.5 Å². The third-order valence-electron chi connectivity index (χ3n) is 7.56. The number of carbonyl (C=O) groups is 2. The highest BCUT2D eigenvalue weighted by Crippen LogP contribution is 2.34. The van der Waals surface area contributed by atoms with Crippen LogP contribution in [0.2, 0.25) is 0 Å². The smallest absolute Gasteiger partial charge is 0.267 e. The number of nitrogens with zero attached hydrogens (tertiary/aromatic N) is 3. The zero-order chi connectivity index (χ0) is 25.1. The van der Waals surface area contributed by atoms with Crippen LogP contribution < -0.4 is 10.2 Å². The fourth-order valence-corrected chi connectivity index (χ4v) is 5.51. The summed E-state index contributed by atoms with van der Waals surface area (Å²) in [4.78, 5) is 30.6. The van der Waals surface area contributed by atoms with Crippen LogP contribution in [-0.2, 0) is 13.1 Å². The summed E-state index contributed by atoms with van der Waals surface area (Å²) in [5.41, 5.74) is 5.57. The number of carbonyl (C=O) groups excluding carboxylic acids is 2. The molecule has 188 valence electrons. The van der Waals surface area contributed by atoms with E-state index in [1.807, 2.05) is 77.0 Å². The standard InChI is InChI=1S/C30H36N4O2/c1-32(2)19-18-31-29(35)28-17-16-26-21-34(27-11-7-6-10-25(27)20-33(26)28)30(36)24-14-12-23(13-15-24)22-8-4-3-5-9-22/h6-7,10-17,22H,3-5,8-9,18-21H2,1-2H3,(H,31,35). The van der Waals surface area contributed by atoms with Gasteiger partial charge in [0, 0.05) is 30.0 Å². The second-order valence-corrected chi connectivity index (χ2v) is 10.3. The van der Waals surface area contributed by atoms with Gasteiger partial charge in [-0.15, -0.1) is 0 Å². The lowest BCUT2D eigenvalue weighted by Gasteiger charge is -2.24. The maximum atomic E-state index is 13.8. The SMILES string of the molecule is CN(C)CCNC(=O)c1ccc2n1Cc1ccccc1N(C(=O)c1ccc(C3CCCCC3)cc1)C2. The molecule has 2 heterocycles. The van der Waals surface area contributed by atoms with Crippen LogP contribution in [0.5, 0.6) is 0 Å². The molecule has 6 nitrogen and oxygen atoms in total. The monoisotopic (exact) mass is 484 g/mol. The van der Waals surface area contributed by atoms with E-state index in [1.165, 1.54) is 37.7 Å². The van der Waals surface area contributed by atoms with Crippen molar-refractivity contribution in [1.29, 1.82) is 0 Å². The molecule has 1 aliphatic heterocycles. The Balaban J connectivity index is 1.40. The Bertz CT molecular complexity index is 1220. The van der Waals surface area contributed by atoms with Crippen LogP contribution in [0.15, 0.2) is 60.7 Å². The highest BCUT2D eigenvalue weighted by molar-refractivity contribution is 6.06. The van der Waals surface area contributed by atoms with Crippen molar-refractivity contribution in [3.8, 4) is 0 Å². The molecule has 3 aromatic rings. The van der Waals surface area contributed by atoms with Gasteiger partial charge >= 0.3 is 0 Å². The van der Waals surface area contributed by atoms with Crippen molar-refractivity contribution in [3.63, 3.8) is 0 Å². The van der Waals surface area contributed by atoms with Gasteiger partial charge in [0.25, 0.3) is 11.8 Å². The molecule has 2 aromatic carbocycles. The van der Waals surface area contributed by atoms with Gasteiger partial charge in [-0.2, -0.15) is 0 Å². The molecule has 1 fully saturated rings. The van der Waals surface area contributed by atoms with Gasteiger partial charge in [0.2, 0.25) is 0 Å². The van der Waals surface area contributed by atoms with Gasteiger partial charge in [0.05, 0.1) is 13.1 Å². The Hall–Kier alpha value is -3.38. The summed E-state index contributed by atoms with van der Waals surface area (Å²) >= 11 is 0. The van der Waals surface area contributed by atoms with Crippen molar-refractivity contribution >= 4 is 17.5 Å². The van der Waals surface area contributed by atoms with E-state index in [1.54, 1.807) is 0 Å². The number of amides is 2. The zero-order valence-electron chi connectivity index (χ0n) is 21.4. The highest BCUT2D eigenvalue weighted by Gasteiger charge is 2.27.